The molecule has 0 saturated carbocycles. The summed E-state index contributed by atoms with van der Waals surface area (Å²) in [7, 11) is 1.31. The van der Waals surface area contributed by atoms with Crippen LogP contribution in [0.2, 0.25) is 0 Å². The minimum Gasteiger partial charge on any atom is -0.481 e. The van der Waals surface area contributed by atoms with E-state index in [1.54, 1.807) is 0 Å². The molecule has 0 radical (unpaired) electrons. The molecule has 1 aliphatic rings. The van der Waals surface area contributed by atoms with E-state index in [9.17, 15) is 13.2 Å². The third kappa shape index (κ3) is 3.59. The highest BCUT2D eigenvalue weighted by atomic mass is 19.4. The van der Waals surface area contributed by atoms with E-state index >= 15 is 0 Å². The van der Waals surface area contributed by atoms with Crippen molar-refractivity contribution in [2.75, 3.05) is 26.7 Å². The van der Waals surface area contributed by atoms with Gasteiger partial charge in [0.2, 0.25) is 5.88 Å². The van der Waals surface area contributed by atoms with Crippen molar-refractivity contribution < 1.29 is 17.9 Å². The second-order valence-electron chi connectivity index (χ2n) is 4.68. The van der Waals surface area contributed by atoms with Crippen LogP contribution in [0.5, 0.6) is 5.88 Å². The number of ether oxygens (including phenoxy) is 1. The molecule has 1 aliphatic heterocycles. The fraction of sp³-hybridized carbons (Fsp3) is 0.615. The van der Waals surface area contributed by atoms with Crippen molar-refractivity contribution in [1.29, 1.82) is 0 Å². The average Bonchev–Trinajstić information content (AvgIpc) is 2.88. The van der Waals surface area contributed by atoms with Gasteiger partial charge in [-0.1, -0.05) is 0 Å². The number of pyridine rings is 1. The number of aromatic nitrogens is 1. The van der Waals surface area contributed by atoms with Crippen LogP contribution >= 0.6 is 0 Å². The summed E-state index contributed by atoms with van der Waals surface area (Å²) in [5.74, 6) is -0.00255. The molecule has 0 unspecified atom stereocenters. The van der Waals surface area contributed by atoms with Crippen molar-refractivity contribution in [3.63, 3.8) is 0 Å². The maximum absolute atomic E-state index is 13.0. The Kier molecular flexibility index (Phi) is 4.29. The lowest BCUT2D eigenvalue weighted by molar-refractivity contribution is -0.138. The van der Waals surface area contributed by atoms with Crippen LogP contribution in [0.15, 0.2) is 12.3 Å². The number of hydrogen-bond donors (Lipinski definition) is 0. The smallest absolute Gasteiger partial charge is 0.416 e. The van der Waals surface area contributed by atoms with E-state index in [1.165, 1.54) is 13.3 Å². The highest BCUT2D eigenvalue weighted by Gasteiger charge is 2.34. The van der Waals surface area contributed by atoms with E-state index in [1.807, 2.05) is 0 Å². The number of rotatable bonds is 4. The van der Waals surface area contributed by atoms with E-state index in [0.717, 1.165) is 32.0 Å². The quantitative estimate of drug-likeness (QED) is 0.844. The first kappa shape index (κ1) is 14.1. The van der Waals surface area contributed by atoms with Crippen LogP contribution in [0.3, 0.4) is 0 Å². The molecule has 0 bridgehead atoms. The topological polar surface area (TPSA) is 25.4 Å². The highest BCUT2D eigenvalue weighted by Crippen LogP contribution is 2.33. The molecular weight excluding hydrogens is 257 g/mol. The summed E-state index contributed by atoms with van der Waals surface area (Å²) < 4.78 is 43.7. The molecule has 0 N–H and O–H groups in total. The summed E-state index contributed by atoms with van der Waals surface area (Å²) in [6, 6.07) is 0.972. The molecule has 6 heteroatoms. The molecule has 0 aliphatic carbocycles. The molecule has 0 amide bonds. The summed E-state index contributed by atoms with van der Waals surface area (Å²) in [6.07, 6.45) is -0.458. The lowest BCUT2D eigenvalue weighted by Gasteiger charge is -2.17. The Hall–Kier alpha value is -1.30. The number of nitrogens with zero attached hydrogens (tertiary/aromatic N) is 2. The van der Waals surface area contributed by atoms with Crippen molar-refractivity contribution in [2.24, 2.45) is 0 Å². The van der Waals surface area contributed by atoms with Gasteiger partial charge in [-0.05, 0) is 37.9 Å². The minimum atomic E-state index is -4.36. The van der Waals surface area contributed by atoms with Gasteiger partial charge >= 0.3 is 6.18 Å². The van der Waals surface area contributed by atoms with Crippen molar-refractivity contribution in [2.45, 2.75) is 25.4 Å². The molecule has 1 aromatic heterocycles. The normalized spacial score (nSPS) is 16.8. The highest BCUT2D eigenvalue weighted by molar-refractivity contribution is 5.32. The molecular formula is C13H17F3N2O. The van der Waals surface area contributed by atoms with E-state index in [2.05, 4.69) is 9.88 Å². The molecule has 2 rings (SSSR count). The van der Waals surface area contributed by atoms with Gasteiger partial charge in [0.05, 0.1) is 12.7 Å². The number of methoxy groups -OCH3 is 1. The number of hydrogen-bond acceptors (Lipinski definition) is 3. The van der Waals surface area contributed by atoms with Gasteiger partial charge in [-0.15, -0.1) is 0 Å². The van der Waals surface area contributed by atoms with Gasteiger partial charge < -0.3 is 9.64 Å². The molecule has 2 heterocycles. The Morgan fingerprint density at radius 1 is 1.32 bits per heavy atom. The van der Waals surface area contributed by atoms with Crippen LogP contribution < -0.4 is 4.74 Å². The van der Waals surface area contributed by atoms with Crippen molar-refractivity contribution >= 4 is 0 Å². The predicted molar refractivity (Wildman–Crippen MR) is 65.2 cm³/mol. The first-order chi connectivity index (χ1) is 9.00. The molecule has 1 saturated heterocycles. The van der Waals surface area contributed by atoms with Crippen LogP contribution in [0.1, 0.15) is 24.0 Å². The fourth-order valence-corrected chi connectivity index (χ4v) is 2.32. The molecule has 0 aromatic carbocycles. The zero-order valence-corrected chi connectivity index (χ0v) is 10.8. The van der Waals surface area contributed by atoms with Crippen LogP contribution in [-0.2, 0) is 12.6 Å². The van der Waals surface area contributed by atoms with Gasteiger partial charge in [0.1, 0.15) is 0 Å². The van der Waals surface area contributed by atoms with E-state index in [-0.39, 0.29) is 11.4 Å². The number of alkyl halides is 3. The predicted octanol–water partition coefficient (Wildman–Crippen LogP) is 2.75. The minimum absolute atomic E-state index is 0.00255. The van der Waals surface area contributed by atoms with Gasteiger partial charge in [0.15, 0.2) is 0 Å². The second kappa shape index (κ2) is 5.77. The molecule has 1 aromatic rings. The SMILES string of the molecule is COc1cc(C(F)(F)F)c(CCN2CCCC2)cn1. The zero-order chi connectivity index (χ0) is 13.9. The largest absolute Gasteiger partial charge is 0.481 e. The van der Waals surface area contributed by atoms with Gasteiger partial charge in [-0.3, -0.25) is 0 Å². The van der Waals surface area contributed by atoms with Crippen LogP contribution in [0.25, 0.3) is 0 Å². The zero-order valence-electron chi connectivity index (χ0n) is 10.8. The molecule has 3 nitrogen and oxygen atoms in total. The summed E-state index contributed by atoms with van der Waals surface area (Å²) in [6.45, 7) is 2.60. The number of halogens is 3. The van der Waals surface area contributed by atoms with Gasteiger partial charge in [-0.25, -0.2) is 4.98 Å². The van der Waals surface area contributed by atoms with Crippen LogP contribution in [0, 0.1) is 0 Å². The van der Waals surface area contributed by atoms with Gasteiger partial charge in [0, 0.05) is 18.8 Å². The summed E-state index contributed by atoms with van der Waals surface area (Å²) in [4.78, 5) is 6.06. The summed E-state index contributed by atoms with van der Waals surface area (Å²) >= 11 is 0. The Morgan fingerprint density at radius 2 is 2.00 bits per heavy atom. The van der Waals surface area contributed by atoms with Crippen LogP contribution in [-0.4, -0.2) is 36.6 Å². The van der Waals surface area contributed by atoms with E-state index < -0.39 is 11.7 Å². The standard InChI is InChI=1S/C13H17F3N2O/c1-19-12-8-11(13(14,15)16)10(9-17-12)4-7-18-5-2-3-6-18/h8-9H,2-7H2,1H3. The average molecular weight is 274 g/mol. The van der Waals surface area contributed by atoms with Crippen molar-refractivity contribution in [3.8, 4) is 5.88 Å². The molecule has 1 fully saturated rings. The van der Waals surface area contributed by atoms with Crippen molar-refractivity contribution in [3.05, 3.63) is 23.4 Å². The first-order valence-electron chi connectivity index (χ1n) is 6.33. The third-order valence-electron chi connectivity index (χ3n) is 3.37. The van der Waals surface area contributed by atoms with E-state index in [0.29, 0.717) is 13.0 Å². The molecule has 19 heavy (non-hydrogen) atoms. The van der Waals surface area contributed by atoms with Gasteiger partial charge in [0.25, 0.3) is 0 Å². The lowest BCUT2D eigenvalue weighted by Crippen LogP contribution is -2.23. The van der Waals surface area contributed by atoms with Crippen LogP contribution in [0.4, 0.5) is 13.2 Å². The Morgan fingerprint density at radius 3 is 2.58 bits per heavy atom. The van der Waals surface area contributed by atoms with Crippen molar-refractivity contribution in [1.82, 2.24) is 9.88 Å². The first-order valence-corrected chi connectivity index (χ1v) is 6.33. The summed E-state index contributed by atoms with van der Waals surface area (Å²) in [5.41, 5.74) is -0.404. The Balaban J connectivity index is 2.13. The monoisotopic (exact) mass is 274 g/mol. The maximum atomic E-state index is 13.0. The number of likely N-dealkylation sites (tertiary alicyclic amines) is 1. The maximum Gasteiger partial charge on any atom is 0.416 e. The summed E-state index contributed by atoms with van der Waals surface area (Å²) in [5, 5.41) is 0. The third-order valence-corrected chi connectivity index (χ3v) is 3.37. The van der Waals surface area contributed by atoms with Gasteiger partial charge in [-0.2, -0.15) is 13.2 Å². The van der Waals surface area contributed by atoms with E-state index in [4.69, 9.17) is 4.74 Å². The Labute approximate surface area is 110 Å². The molecule has 106 valence electrons. The lowest BCUT2D eigenvalue weighted by atomic mass is 10.1. The fourth-order valence-electron chi connectivity index (χ4n) is 2.32. The second-order valence-corrected chi connectivity index (χ2v) is 4.68. The molecule has 0 spiro atoms. The molecule has 0 atom stereocenters. The Bertz CT molecular complexity index is 428.